The second-order valence-electron chi connectivity index (χ2n) is 5.69. The monoisotopic (exact) mass is 385 g/mol. The lowest BCUT2D eigenvalue weighted by atomic mass is 10.1. The number of thiocarbonyl (C=S) groups is 1. The summed E-state index contributed by atoms with van der Waals surface area (Å²) in [4.78, 5) is 35.1. The first-order valence-corrected chi connectivity index (χ1v) is 8.40. The number of aryl methyl sites for hydroxylation is 1. The molecule has 140 valence electrons. The Labute approximate surface area is 162 Å². The van der Waals surface area contributed by atoms with E-state index in [9.17, 15) is 14.4 Å². The van der Waals surface area contributed by atoms with Crippen LogP contribution in [-0.4, -0.2) is 30.0 Å². The molecule has 0 radical (unpaired) electrons. The van der Waals surface area contributed by atoms with Gasteiger partial charge in [0.1, 0.15) is 0 Å². The van der Waals surface area contributed by atoms with Crippen molar-refractivity contribution >= 4 is 46.5 Å². The number of esters is 1. The van der Waals surface area contributed by atoms with Crippen molar-refractivity contribution in [3.63, 3.8) is 0 Å². The number of methoxy groups -OCH3 is 1. The Balaban J connectivity index is 2.06. The maximum atomic E-state index is 12.3. The minimum Gasteiger partial charge on any atom is -0.465 e. The fraction of sp³-hybridized carbons (Fsp3) is 0.158. The molecule has 0 unspecified atom stereocenters. The number of amides is 2. The van der Waals surface area contributed by atoms with Gasteiger partial charge in [-0.3, -0.25) is 14.9 Å². The molecular weight excluding hydrogens is 366 g/mol. The van der Waals surface area contributed by atoms with Crippen molar-refractivity contribution in [2.45, 2.75) is 13.8 Å². The summed E-state index contributed by atoms with van der Waals surface area (Å²) in [5, 5.41) is 8.24. The second-order valence-corrected chi connectivity index (χ2v) is 6.10. The molecule has 0 bridgehead atoms. The zero-order valence-corrected chi connectivity index (χ0v) is 15.9. The van der Waals surface area contributed by atoms with Crippen molar-refractivity contribution in [1.29, 1.82) is 0 Å². The Hall–Kier alpha value is -3.26. The molecule has 0 aliphatic rings. The van der Waals surface area contributed by atoms with Crippen molar-refractivity contribution in [3.8, 4) is 0 Å². The van der Waals surface area contributed by atoms with Crippen molar-refractivity contribution in [2.75, 3.05) is 17.7 Å². The van der Waals surface area contributed by atoms with Gasteiger partial charge < -0.3 is 15.4 Å². The van der Waals surface area contributed by atoms with Crippen molar-refractivity contribution in [1.82, 2.24) is 5.32 Å². The Bertz CT molecular complexity index is 912. The van der Waals surface area contributed by atoms with Gasteiger partial charge in [0.2, 0.25) is 5.91 Å². The lowest BCUT2D eigenvalue weighted by molar-refractivity contribution is -0.114. The van der Waals surface area contributed by atoms with Crippen LogP contribution in [0, 0.1) is 6.92 Å². The van der Waals surface area contributed by atoms with Gasteiger partial charge in [-0.2, -0.15) is 0 Å². The number of hydrogen-bond donors (Lipinski definition) is 3. The molecule has 7 nitrogen and oxygen atoms in total. The molecule has 0 aliphatic carbocycles. The highest BCUT2D eigenvalue weighted by Gasteiger charge is 2.12. The molecule has 0 saturated carbocycles. The summed E-state index contributed by atoms with van der Waals surface area (Å²) in [6.07, 6.45) is 0. The summed E-state index contributed by atoms with van der Waals surface area (Å²) in [6.45, 7) is 3.29. The van der Waals surface area contributed by atoms with Crippen LogP contribution in [-0.2, 0) is 9.53 Å². The first-order valence-electron chi connectivity index (χ1n) is 7.99. The highest BCUT2D eigenvalue weighted by atomic mass is 32.1. The summed E-state index contributed by atoms with van der Waals surface area (Å²) < 4.78 is 4.64. The smallest absolute Gasteiger partial charge is 0.337 e. The molecule has 27 heavy (non-hydrogen) atoms. The molecule has 0 aliphatic heterocycles. The quantitative estimate of drug-likeness (QED) is 0.553. The number of nitrogens with one attached hydrogen (secondary N) is 3. The van der Waals surface area contributed by atoms with Gasteiger partial charge in [0.05, 0.1) is 12.7 Å². The third-order valence-corrected chi connectivity index (χ3v) is 3.78. The standard InChI is InChI=1S/C19H19N3O4S/c1-11-7-8-15(10-16(11)20-12(2)23)21-19(27)22-17(24)13-5-4-6-14(9-13)18(25)26-3/h4-10H,1-3H3,(H,20,23)(H2,21,22,24,27). The largest absolute Gasteiger partial charge is 0.465 e. The van der Waals surface area contributed by atoms with E-state index in [-0.39, 0.29) is 22.1 Å². The third kappa shape index (κ3) is 5.61. The topological polar surface area (TPSA) is 96.5 Å². The molecule has 3 N–H and O–H groups in total. The highest BCUT2D eigenvalue weighted by Crippen LogP contribution is 2.20. The molecule has 2 rings (SSSR count). The second kappa shape index (κ2) is 8.91. The Kier molecular flexibility index (Phi) is 6.62. The fourth-order valence-electron chi connectivity index (χ4n) is 2.27. The Morgan fingerprint density at radius 2 is 1.70 bits per heavy atom. The van der Waals surface area contributed by atoms with Gasteiger partial charge in [-0.25, -0.2) is 4.79 Å². The molecule has 2 aromatic carbocycles. The van der Waals surface area contributed by atoms with E-state index < -0.39 is 11.9 Å². The van der Waals surface area contributed by atoms with Crippen LogP contribution < -0.4 is 16.0 Å². The van der Waals surface area contributed by atoms with Crippen LogP contribution in [0.3, 0.4) is 0 Å². The normalized spacial score (nSPS) is 9.89. The van der Waals surface area contributed by atoms with E-state index in [2.05, 4.69) is 20.7 Å². The molecule has 0 fully saturated rings. The van der Waals surface area contributed by atoms with Gasteiger partial charge in [-0.15, -0.1) is 0 Å². The molecule has 0 aromatic heterocycles. The minimum atomic E-state index is -0.532. The SMILES string of the molecule is COC(=O)c1cccc(C(=O)NC(=S)Nc2ccc(C)c(NC(C)=O)c2)c1. The number of benzene rings is 2. The van der Waals surface area contributed by atoms with Crippen LogP contribution in [0.2, 0.25) is 0 Å². The lowest BCUT2D eigenvalue weighted by Gasteiger charge is -2.13. The van der Waals surface area contributed by atoms with Crippen molar-refractivity contribution in [2.24, 2.45) is 0 Å². The lowest BCUT2D eigenvalue weighted by Crippen LogP contribution is -2.34. The van der Waals surface area contributed by atoms with E-state index in [4.69, 9.17) is 12.2 Å². The molecule has 8 heteroatoms. The number of carbonyl (C=O) groups is 3. The van der Waals surface area contributed by atoms with E-state index in [1.165, 1.54) is 20.1 Å². The minimum absolute atomic E-state index is 0.0844. The van der Waals surface area contributed by atoms with Crippen molar-refractivity contribution < 1.29 is 19.1 Å². The maximum Gasteiger partial charge on any atom is 0.337 e. The van der Waals surface area contributed by atoms with E-state index >= 15 is 0 Å². The van der Waals surface area contributed by atoms with Gasteiger partial charge in [0.25, 0.3) is 5.91 Å². The predicted octanol–water partition coefficient (Wildman–Crippen LogP) is 2.87. The van der Waals surface area contributed by atoms with Gasteiger partial charge >= 0.3 is 5.97 Å². The van der Waals surface area contributed by atoms with E-state index in [1.54, 1.807) is 30.3 Å². The van der Waals surface area contributed by atoms with Gasteiger partial charge in [-0.1, -0.05) is 12.1 Å². The molecule has 2 aromatic rings. The summed E-state index contributed by atoms with van der Waals surface area (Å²) >= 11 is 5.16. The summed E-state index contributed by atoms with van der Waals surface area (Å²) in [5.74, 6) is -1.18. The Morgan fingerprint density at radius 3 is 2.37 bits per heavy atom. The van der Waals surface area contributed by atoms with Gasteiger partial charge in [-0.05, 0) is 55.0 Å². The van der Waals surface area contributed by atoms with Gasteiger partial charge in [0.15, 0.2) is 5.11 Å². The average molecular weight is 385 g/mol. The molecule has 0 saturated heterocycles. The number of ether oxygens (including phenoxy) is 1. The average Bonchev–Trinajstić information content (AvgIpc) is 2.63. The zero-order valence-electron chi connectivity index (χ0n) is 15.1. The number of rotatable bonds is 4. The summed E-state index contributed by atoms with van der Waals surface area (Å²) in [6, 6.07) is 11.4. The van der Waals surface area contributed by atoms with Crippen molar-refractivity contribution in [3.05, 3.63) is 59.2 Å². The van der Waals surface area contributed by atoms with E-state index in [1.807, 2.05) is 13.0 Å². The maximum absolute atomic E-state index is 12.3. The van der Waals surface area contributed by atoms with E-state index in [0.29, 0.717) is 11.4 Å². The zero-order chi connectivity index (χ0) is 20.0. The molecule has 0 spiro atoms. The highest BCUT2D eigenvalue weighted by molar-refractivity contribution is 7.80. The third-order valence-electron chi connectivity index (χ3n) is 3.58. The van der Waals surface area contributed by atoms with Crippen LogP contribution in [0.25, 0.3) is 0 Å². The summed E-state index contributed by atoms with van der Waals surface area (Å²) in [7, 11) is 1.27. The van der Waals surface area contributed by atoms with Crippen LogP contribution >= 0.6 is 12.2 Å². The molecule has 2 amide bonds. The molecule has 0 heterocycles. The fourth-order valence-corrected chi connectivity index (χ4v) is 2.48. The first kappa shape index (κ1) is 20.1. The first-order chi connectivity index (χ1) is 12.8. The molecule has 0 atom stereocenters. The number of anilines is 2. The van der Waals surface area contributed by atoms with E-state index in [0.717, 1.165) is 5.56 Å². The van der Waals surface area contributed by atoms with Crippen LogP contribution in [0.4, 0.5) is 11.4 Å². The number of carbonyl (C=O) groups excluding carboxylic acids is 3. The molecular formula is C19H19N3O4S. The van der Waals surface area contributed by atoms with Gasteiger partial charge in [0, 0.05) is 23.9 Å². The predicted molar refractivity (Wildman–Crippen MR) is 107 cm³/mol. The van der Waals surface area contributed by atoms with Crippen LogP contribution in [0.5, 0.6) is 0 Å². The summed E-state index contributed by atoms with van der Waals surface area (Å²) in [5.41, 5.74) is 2.68. The Morgan fingerprint density at radius 1 is 1.00 bits per heavy atom. The number of hydrogen-bond acceptors (Lipinski definition) is 5. The van der Waals surface area contributed by atoms with Crippen LogP contribution in [0.15, 0.2) is 42.5 Å². The van der Waals surface area contributed by atoms with Crippen LogP contribution in [0.1, 0.15) is 33.2 Å².